The molecule has 0 fully saturated rings. The molecule has 5 nitrogen and oxygen atoms in total. The molecule has 0 bridgehead atoms. The van der Waals surface area contributed by atoms with Crippen LogP contribution in [0.4, 0.5) is 0 Å². The molecular weight excluding hydrogens is 412 g/mol. The van der Waals surface area contributed by atoms with Crippen LogP contribution in [-0.2, 0) is 0 Å². The van der Waals surface area contributed by atoms with Gasteiger partial charge in [-0.15, -0.1) is 0 Å². The topological polar surface area (TPSA) is 59.4 Å². The molecule has 1 aromatic heterocycles. The maximum atomic E-state index is 13.5. The van der Waals surface area contributed by atoms with Crippen molar-refractivity contribution in [1.82, 2.24) is 9.47 Å². The van der Waals surface area contributed by atoms with E-state index in [4.69, 9.17) is 0 Å². The first-order chi connectivity index (χ1) is 16.1. The first-order valence-electron chi connectivity index (χ1n) is 10.7. The van der Waals surface area contributed by atoms with Crippen LogP contribution in [0.25, 0.3) is 27.5 Å². The highest BCUT2D eigenvalue weighted by atomic mass is 16.2. The van der Waals surface area contributed by atoms with Crippen molar-refractivity contribution < 1.29 is 14.4 Å². The lowest BCUT2D eigenvalue weighted by Crippen LogP contribution is -2.24. The van der Waals surface area contributed by atoms with Gasteiger partial charge in [0.15, 0.2) is 5.78 Å². The van der Waals surface area contributed by atoms with Crippen molar-refractivity contribution in [3.05, 3.63) is 113 Å². The van der Waals surface area contributed by atoms with Crippen LogP contribution in [0.3, 0.4) is 0 Å². The number of hydrogen-bond acceptors (Lipinski definition) is 3. The van der Waals surface area contributed by atoms with Crippen LogP contribution < -0.4 is 0 Å². The molecule has 0 spiro atoms. The van der Waals surface area contributed by atoms with E-state index in [2.05, 4.69) is 0 Å². The number of nitrogens with zero attached hydrogens (tertiary/aromatic N) is 2. The summed E-state index contributed by atoms with van der Waals surface area (Å²) in [6.07, 6.45) is 0. The molecule has 0 radical (unpaired) electrons. The molecule has 2 amide bonds. The number of carbonyl (C=O) groups excluding carboxylic acids is 3. The smallest absolute Gasteiger partial charge is 0.263 e. The molecule has 0 saturated carbocycles. The molecule has 5 aromatic rings. The minimum atomic E-state index is -0.326. The first kappa shape index (κ1) is 19.2. The SMILES string of the molecule is CN1C(=O)c2cccc(-n3c4ccccc4c4c(C(=O)c5ccccc5)cccc43)c2C1=O. The van der Waals surface area contributed by atoms with Gasteiger partial charge in [-0.1, -0.05) is 66.7 Å². The monoisotopic (exact) mass is 430 g/mol. The summed E-state index contributed by atoms with van der Waals surface area (Å²) in [6, 6.07) is 28.0. The van der Waals surface area contributed by atoms with E-state index in [0.29, 0.717) is 27.9 Å². The van der Waals surface area contributed by atoms with Gasteiger partial charge in [-0.25, -0.2) is 0 Å². The summed E-state index contributed by atoms with van der Waals surface area (Å²) in [5.41, 5.74) is 4.29. The molecule has 0 aliphatic carbocycles. The van der Waals surface area contributed by atoms with Crippen molar-refractivity contribution in [2.24, 2.45) is 0 Å². The van der Waals surface area contributed by atoms with Crippen molar-refractivity contribution in [3.63, 3.8) is 0 Å². The molecule has 6 rings (SSSR count). The molecule has 1 aliphatic heterocycles. The number of amides is 2. The zero-order valence-electron chi connectivity index (χ0n) is 17.8. The van der Waals surface area contributed by atoms with Crippen LogP contribution in [0.15, 0.2) is 91.0 Å². The Morgan fingerprint density at radius 1 is 0.697 bits per heavy atom. The van der Waals surface area contributed by atoms with E-state index in [0.717, 1.165) is 26.7 Å². The van der Waals surface area contributed by atoms with E-state index in [-0.39, 0.29) is 17.6 Å². The van der Waals surface area contributed by atoms with E-state index >= 15 is 0 Å². The van der Waals surface area contributed by atoms with E-state index < -0.39 is 0 Å². The Labute approximate surface area is 189 Å². The molecule has 2 heterocycles. The number of aromatic nitrogens is 1. The van der Waals surface area contributed by atoms with Crippen LogP contribution in [0.1, 0.15) is 36.6 Å². The molecule has 0 saturated heterocycles. The number of fused-ring (bicyclic) bond motifs is 4. The summed E-state index contributed by atoms with van der Waals surface area (Å²) in [7, 11) is 1.50. The summed E-state index contributed by atoms with van der Waals surface area (Å²) in [4.78, 5) is 40.2. The Balaban J connectivity index is 1.71. The van der Waals surface area contributed by atoms with Crippen LogP contribution in [0.5, 0.6) is 0 Å². The average Bonchev–Trinajstić information content (AvgIpc) is 3.32. The van der Waals surface area contributed by atoms with Gasteiger partial charge in [-0.05, 0) is 24.3 Å². The maximum absolute atomic E-state index is 13.5. The quantitative estimate of drug-likeness (QED) is 0.291. The number of hydrogen-bond donors (Lipinski definition) is 0. The standard InChI is InChI=1S/C28H18N2O3/c1-29-27(32)20-13-8-16-23(25(20)28(29)33)30-21-14-6-5-11-18(21)24-19(12-7-15-22(24)30)26(31)17-9-3-2-4-10-17/h2-16H,1H3. The Morgan fingerprint density at radius 2 is 1.39 bits per heavy atom. The molecular formula is C28H18N2O3. The summed E-state index contributed by atoms with van der Waals surface area (Å²) in [5, 5.41) is 1.74. The minimum Gasteiger partial charge on any atom is -0.308 e. The number of imide groups is 1. The normalized spacial score (nSPS) is 13.2. The second-order valence-corrected chi connectivity index (χ2v) is 8.12. The highest BCUT2D eigenvalue weighted by Gasteiger charge is 2.36. The van der Waals surface area contributed by atoms with Gasteiger partial charge in [-0.3, -0.25) is 19.3 Å². The zero-order valence-corrected chi connectivity index (χ0v) is 17.8. The second kappa shape index (κ2) is 7.00. The van der Waals surface area contributed by atoms with Crippen molar-refractivity contribution in [2.75, 3.05) is 7.05 Å². The van der Waals surface area contributed by atoms with Gasteiger partial charge in [0.2, 0.25) is 0 Å². The number of rotatable bonds is 3. The van der Waals surface area contributed by atoms with Gasteiger partial charge >= 0.3 is 0 Å². The van der Waals surface area contributed by atoms with Crippen molar-refractivity contribution in [2.45, 2.75) is 0 Å². The molecule has 0 atom stereocenters. The molecule has 0 unspecified atom stereocenters. The van der Waals surface area contributed by atoms with Crippen molar-refractivity contribution in [3.8, 4) is 5.69 Å². The third kappa shape index (κ3) is 2.62. The van der Waals surface area contributed by atoms with Crippen LogP contribution in [0.2, 0.25) is 0 Å². The van der Waals surface area contributed by atoms with Crippen LogP contribution >= 0.6 is 0 Å². The van der Waals surface area contributed by atoms with Crippen LogP contribution in [0, 0.1) is 0 Å². The molecule has 158 valence electrons. The highest BCUT2D eigenvalue weighted by Crippen LogP contribution is 2.37. The predicted molar refractivity (Wildman–Crippen MR) is 127 cm³/mol. The Hall–Kier alpha value is -4.51. The first-order valence-corrected chi connectivity index (χ1v) is 10.7. The van der Waals surface area contributed by atoms with E-state index in [1.807, 2.05) is 83.4 Å². The number of para-hydroxylation sites is 1. The lowest BCUT2D eigenvalue weighted by Gasteiger charge is -2.12. The third-order valence-electron chi connectivity index (χ3n) is 6.32. The van der Waals surface area contributed by atoms with E-state index in [9.17, 15) is 14.4 Å². The summed E-state index contributed by atoms with van der Waals surface area (Å²) < 4.78 is 1.98. The number of benzene rings is 4. The summed E-state index contributed by atoms with van der Waals surface area (Å²) in [5.74, 6) is -0.695. The lowest BCUT2D eigenvalue weighted by molar-refractivity contribution is 0.0693. The Kier molecular flexibility index (Phi) is 4.07. The molecule has 5 heteroatoms. The molecule has 1 aliphatic rings. The summed E-state index contributed by atoms with van der Waals surface area (Å²) in [6.45, 7) is 0. The molecule has 4 aromatic carbocycles. The summed E-state index contributed by atoms with van der Waals surface area (Å²) >= 11 is 0. The number of ketones is 1. The molecule has 33 heavy (non-hydrogen) atoms. The largest absolute Gasteiger partial charge is 0.308 e. The van der Waals surface area contributed by atoms with Crippen molar-refractivity contribution in [1.29, 1.82) is 0 Å². The predicted octanol–water partition coefficient (Wildman–Crippen LogP) is 5.24. The van der Waals surface area contributed by atoms with Crippen LogP contribution in [-0.4, -0.2) is 34.1 Å². The van der Waals surface area contributed by atoms with Gasteiger partial charge in [0.25, 0.3) is 11.8 Å². The average molecular weight is 430 g/mol. The van der Waals surface area contributed by atoms with Crippen molar-refractivity contribution >= 4 is 39.4 Å². The zero-order chi connectivity index (χ0) is 22.7. The van der Waals surface area contributed by atoms with E-state index in [1.54, 1.807) is 12.1 Å². The fourth-order valence-electron chi connectivity index (χ4n) is 4.78. The highest BCUT2D eigenvalue weighted by molar-refractivity contribution is 6.25. The second-order valence-electron chi connectivity index (χ2n) is 8.12. The van der Waals surface area contributed by atoms with Gasteiger partial charge in [0, 0.05) is 28.9 Å². The number of carbonyl (C=O) groups is 3. The fourth-order valence-corrected chi connectivity index (χ4v) is 4.78. The maximum Gasteiger partial charge on any atom is 0.263 e. The van der Waals surface area contributed by atoms with Gasteiger partial charge in [-0.2, -0.15) is 0 Å². The fraction of sp³-hybridized carbons (Fsp3) is 0.0357. The minimum absolute atomic E-state index is 0.0617. The molecule has 0 N–H and O–H groups in total. The third-order valence-corrected chi connectivity index (χ3v) is 6.32. The Morgan fingerprint density at radius 3 is 2.21 bits per heavy atom. The van der Waals surface area contributed by atoms with Gasteiger partial charge in [0.1, 0.15) is 0 Å². The van der Waals surface area contributed by atoms with E-state index in [1.165, 1.54) is 7.05 Å². The Bertz CT molecular complexity index is 1630. The van der Waals surface area contributed by atoms with Gasteiger partial charge < -0.3 is 4.57 Å². The van der Waals surface area contributed by atoms with Gasteiger partial charge in [0.05, 0.1) is 27.8 Å². The lowest BCUT2D eigenvalue weighted by atomic mass is 9.98.